The summed E-state index contributed by atoms with van der Waals surface area (Å²) in [5.74, 6) is -1.32. The molecule has 0 aliphatic carbocycles. The van der Waals surface area contributed by atoms with Gasteiger partial charge in [0.05, 0.1) is 28.6 Å². The molecule has 0 saturated heterocycles. The van der Waals surface area contributed by atoms with Gasteiger partial charge in [0, 0.05) is 0 Å². The lowest BCUT2D eigenvalue weighted by Gasteiger charge is -2.11. The normalized spacial score (nSPS) is 13.0. The van der Waals surface area contributed by atoms with Crippen LogP contribution < -0.4 is 11.1 Å². The van der Waals surface area contributed by atoms with Gasteiger partial charge in [0.15, 0.2) is 9.84 Å². The van der Waals surface area contributed by atoms with Gasteiger partial charge in [0.25, 0.3) is 20.2 Å². The van der Waals surface area contributed by atoms with Crippen LogP contribution in [0.25, 0.3) is 0 Å². The van der Waals surface area contributed by atoms with E-state index in [1.54, 1.807) is 0 Å². The van der Waals surface area contributed by atoms with Crippen molar-refractivity contribution < 1.29 is 51.5 Å². The highest BCUT2D eigenvalue weighted by Crippen LogP contribution is 2.37. The van der Waals surface area contributed by atoms with E-state index in [9.17, 15) is 42.8 Å². The van der Waals surface area contributed by atoms with E-state index in [4.69, 9.17) is 33.5 Å². The van der Waals surface area contributed by atoms with Crippen molar-refractivity contribution >= 4 is 92.4 Å². The SMILES string of the molecule is Nc1cc(Nc2nc(Cl)nc(Cl)n2)c(/N=N/c2ccc(S(=O)(=O)CCOS(=O)(=O)O)cc2S(=O)(=O)O)cc1S(=O)(=O)O. The first kappa shape index (κ1) is 33.4. The van der Waals surface area contributed by atoms with Gasteiger partial charge < -0.3 is 11.1 Å². The lowest BCUT2D eigenvalue weighted by Crippen LogP contribution is -2.16. The summed E-state index contributed by atoms with van der Waals surface area (Å²) in [5.41, 5.74) is 3.94. The highest BCUT2D eigenvalue weighted by atomic mass is 35.5. The Hall–Kier alpha value is -3.13. The molecule has 2 aromatic carbocycles. The predicted molar refractivity (Wildman–Crippen MR) is 144 cm³/mol. The Morgan fingerprint density at radius 2 is 1.38 bits per heavy atom. The summed E-state index contributed by atoms with van der Waals surface area (Å²) in [6, 6.07) is 3.78. The third-order valence-corrected chi connectivity index (χ3v) is 8.92. The van der Waals surface area contributed by atoms with Crippen molar-refractivity contribution in [3.8, 4) is 0 Å². The van der Waals surface area contributed by atoms with Gasteiger partial charge in [-0.3, -0.25) is 13.7 Å². The highest BCUT2D eigenvalue weighted by molar-refractivity contribution is 7.91. The second-order valence-electron chi connectivity index (χ2n) is 7.58. The molecule has 1 aromatic heterocycles. The fourth-order valence-electron chi connectivity index (χ4n) is 2.95. The number of hydrogen-bond donors (Lipinski definition) is 5. The third-order valence-electron chi connectivity index (χ3n) is 4.65. The molecule has 6 N–H and O–H groups in total. The molecule has 0 spiro atoms. The quantitative estimate of drug-likeness (QED) is 0.108. The average Bonchev–Trinajstić information content (AvgIpc) is 2.80. The number of azo groups is 1. The zero-order chi connectivity index (χ0) is 31.7. The van der Waals surface area contributed by atoms with E-state index in [0.29, 0.717) is 6.07 Å². The van der Waals surface area contributed by atoms with Crippen molar-refractivity contribution in [3.63, 3.8) is 0 Å². The van der Waals surface area contributed by atoms with Crippen LogP contribution in [-0.4, -0.2) is 74.6 Å². The van der Waals surface area contributed by atoms with Crippen LogP contribution in [0, 0.1) is 0 Å². The first-order valence-corrected chi connectivity index (χ1v) is 16.9. The summed E-state index contributed by atoms with van der Waals surface area (Å²) in [6.45, 7) is -1.02. The molecule has 0 fully saturated rings. The van der Waals surface area contributed by atoms with Crippen LogP contribution in [0.1, 0.15) is 0 Å². The van der Waals surface area contributed by atoms with Crippen LogP contribution in [0.15, 0.2) is 55.2 Å². The standard InChI is InChI=1S/C17H15Cl2N7O12S4/c18-15-22-16(19)24-17(23-15)21-11-6-9(20)13(40(29,30)31)7-12(11)26-25-10-2-1-8(5-14(10)41(32,33)34)39(27,28)4-3-38-42(35,36)37/h1-2,5-7H,3-4,20H2,(H,29,30,31)(H,32,33,34)(H,35,36,37)(H,21,22,23,24)/b26-25+. The summed E-state index contributed by atoms with van der Waals surface area (Å²) in [7, 11) is -19.5. The van der Waals surface area contributed by atoms with Gasteiger partial charge in [0.1, 0.15) is 21.2 Å². The minimum absolute atomic E-state index is 0.187. The van der Waals surface area contributed by atoms with Gasteiger partial charge >= 0.3 is 10.4 Å². The number of nitrogens with zero attached hydrogens (tertiary/aromatic N) is 5. The first-order chi connectivity index (χ1) is 19.2. The van der Waals surface area contributed by atoms with Gasteiger partial charge in [-0.1, -0.05) is 0 Å². The maximum atomic E-state index is 12.5. The van der Waals surface area contributed by atoms with Gasteiger partial charge in [-0.2, -0.15) is 40.2 Å². The molecule has 3 aromatic rings. The van der Waals surface area contributed by atoms with Crippen molar-refractivity contribution in [2.24, 2.45) is 10.2 Å². The lowest BCUT2D eigenvalue weighted by atomic mass is 10.2. The van der Waals surface area contributed by atoms with Gasteiger partial charge in [-0.15, -0.1) is 10.2 Å². The summed E-state index contributed by atoms with van der Waals surface area (Å²) >= 11 is 11.5. The van der Waals surface area contributed by atoms with Gasteiger partial charge in [-0.25, -0.2) is 12.6 Å². The molecule has 42 heavy (non-hydrogen) atoms. The number of nitrogen functional groups attached to an aromatic ring is 1. The number of benzene rings is 2. The Bertz CT molecular complexity index is 2000. The Balaban J connectivity index is 2.11. The molecule has 0 radical (unpaired) electrons. The highest BCUT2D eigenvalue weighted by Gasteiger charge is 2.24. The molecule has 19 nitrogen and oxygen atoms in total. The van der Waals surface area contributed by atoms with Crippen LogP contribution in [-0.2, 0) is 44.7 Å². The van der Waals surface area contributed by atoms with Gasteiger partial charge in [0.2, 0.25) is 16.5 Å². The third kappa shape index (κ3) is 8.93. The molecule has 0 amide bonds. The van der Waals surface area contributed by atoms with E-state index in [1.807, 2.05) is 0 Å². The molecular formula is C17H15Cl2N7O12S4. The molecule has 0 bridgehead atoms. The molecule has 1 heterocycles. The van der Waals surface area contributed by atoms with Gasteiger partial charge in [-0.05, 0) is 53.5 Å². The number of halogens is 2. The lowest BCUT2D eigenvalue weighted by molar-refractivity contribution is 0.284. The van der Waals surface area contributed by atoms with Crippen LogP contribution >= 0.6 is 23.2 Å². The molecular weight excluding hydrogens is 693 g/mol. The number of nitrogens with two attached hydrogens (primary N) is 1. The number of aromatic nitrogens is 3. The number of anilines is 3. The zero-order valence-corrected chi connectivity index (χ0v) is 24.8. The molecule has 0 atom stereocenters. The van der Waals surface area contributed by atoms with Crippen molar-refractivity contribution in [2.45, 2.75) is 14.7 Å². The maximum Gasteiger partial charge on any atom is 0.397 e. The Labute approximate surface area is 247 Å². The van der Waals surface area contributed by atoms with Crippen molar-refractivity contribution in [2.75, 3.05) is 23.4 Å². The fourth-order valence-corrected chi connectivity index (χ4v) is 6.16. The monoisotopic (exact) mass is 707 g/mol. The summed E-state index contributed by atoms with van der Waals surface area (Å²) < 4.78 is 126. The maximum absolute atomic E-state index is 12.5. The molecule has 0 aliphatic rings. The minimum atomic E-state index is -5.18. The predicted octanol–water partition coefficient (Wildman–Crippen LogP) is 2.01. The molecule has 25 heteroatoms. The zero-order valence-electron chi connectivity index (χ0n) is 20.0. The first-order valence-electron chi connectivity index (χ1n) is 10.3. The van der Waals surface area contributed by atoms with E-state index in [2.05, 4.69) is 34.7 Å². The Morgan fingerprint density at radius 1 is 0.810 bits per heavy atom. The van der Waals surface area contributed by atoms with E-state index < -0.39 is 84.6 Å². The topological polar surface area (TPSA) is 308 Å². The van der Waals surface area contributed by atoms with Crippen molar-refractivity contribution in [3.05, 3.63) is 40.9 Å². The van der Waals surface area contributed by atoms with E-state index in [-0.39, 0.29) is 22.2 Å². The fraction of sp³-hybridized carbons (Fsp3) is 0.118. The molecule has 0 saturated carbocycles. The smallest absolute Gasteiger partial charge is 0.397 e. The van der Waals surface area contributed by atoms with E-state index in [1.165, 1.54) is 0 Å². The number of hydrogen-bond acceptors (Lipinski definition) is 16. The Kier molecular flexibility index (Phi) is 9.72. The van der Waals surface area contributed by atoms with Crippen LogP contribution in [0.2, 0.25) is 10.6 Å². The molecule has 0 aliphatic heterocycles. The molecule has 0 unspecified atom stereocenters. The van der Waals surface area contributed by atoms with Crippen molar-refractivity contribution in [1.82, 2.24) is 15.0 Å². The molecule has 228 valence electrons. The summed E-state index contributed by atoms with van der Waals surface area (Å²) in [4.78, 5) is 8.39. The second kappa shape index (κ2) is 12.2. The van der Waals surface area contributed by atoms with Crippen molar-refractivity contribution in [1.29, 1.82) is 0 Å². The van der Waals surface area contributed by atoms with Crippen LogP contribution in [0.5, 0.6) is 0 Å². The largest absolute Gasteiger partial charge is 0.398 e. The second-order valence-corrected chi connectivity index (χ2v) is 14.2. The number of nitrogens with one attached hydrogen (secondary N) is 1. The number of rotatable bonds is 11. The van der Waals surface area contributed by atoms with Crippen LogP contribution in [0.3, 0.4) is 0 Å². The number of sulfone groups is 1. The molecule has 3 rings (SSSR count). The summed E-state index contributed by atoms with van der Waals surface area (Å²) in [5, 5.41) is 9.23. The average molecular weight is 709 g/mol. The van der Waals surface area contributed by atoms with E-state index in [0.717, 1.165) is 24.3 Å². The summed E-state index contributed by atoms with van der Waals surface area (Å²) in [6.07, 6.45) is 0. The Morgan fingerprint density at radius 3 is 1.93 bits per heavy atom. The van der Waals surface area contributed by atoms with Crippen LogP contribution in [0.4, 0.5) is 28.7 Å². The van der Waals surface area contributed by atoms with E-state index >= 15 is 0 Å². The minimum Gasteiger partial charge on any atom is -0.398 e.